The number of phenols is 2. The second-order valence-electron chi connectivity index (χ2n) is 7.77. The second-order valence-corrected chi connectivity index (χ2v) is 7.77. The molecule has 0 aliphatic heterocycles. The molecule has 150 valence electrons. The molecule has 4 rings (SSSR count). The van der Waals surface area contributed by atoms with E-state index >= 15 is 0 Å². The summed E-state index contributed by atoms with van der Waals surface area (Å²) in [5.41, 5.74) is 3.88. The Morgan fingerprint density at radius 1 is 1.21 bits per heavy atom. The molecule has 2 unspecified atom stereocenters. The van der Waals surface area contributed by atoms with Crippen molar-refractivity contribution in [2.45, 2.75) is 31.9 Å². The fourth-order valence-corrected chi connectivity index (χ4v) is 4.75. The first kappa shape index (κ1) is 19.2. The number of phenolic OH excluding ortho intramolecular Hbond substituents is 2. The van der Waals surface area contributed by atoms with Gasteiger partial charge in [0.25, 0.3) is 0 Å². The lowest BCUT2D eigenvalue weighted by Crippen LogP contribution is -2.70. The third-order valence-electron chi connectivity index (χ3n) is 6.30. The Bertz CT molecular complexity index is 1150. The highest BCUT2D eigenvalue weighted by molar-refractivity contribution is 6.33. The van der Waals surface area contributed by atoms with Crippen LogP contribution >= 0.6 is 0 Å². The van der Waals surface area contributed by atoms with Gasteiger partial charge in [-0.2, -0.15) is 0 Å². The highest BCUT2D eigenvalue weighted by Gasteiger charge is 2.64. The van der Waals surface area contributed by atoms with Gasteiger partial charge in [0.05, 0.1) is 17.0 Å². The monoisotopic (exact) mass is 397 g/mol. The van der Waals surface area contributed by atoms with Crippen LogP contribution in [0.2, 0.25) is 0 Å². The molecule has 1 fully saturated rings. The maximum absolute atomic E-state index is 13.3. The summed E-state index contributed by atoms with van der Waals surface area (Å²) in [6.45, 7) is 2.69. The van der Waals surface area contributed by atoms with E-state index in [1.807, 2.05) is 0 Å². The summed E-state index contributed by atoms with van der Waals surface area (Å²) in [5.74, 6) is -7.88. The van der Waals surface area contributed by atoms with Crippen LogP contribution in [-0.4, -0.2) is 50.1 Å². The molecule has 2 aliphatic carbocycles. The molecule has 8 heteroatoms. The molecule has 0 heterocycles. The molecule has 0 bridgehead atoms. The fourth-order valence-electron chi connectivity index (χ4n) is 4.75. The number of carbonyl (C=O) groups is 4. The summed E-state index contributed by atoms with van der Waals surface area (Å²) >= 11 is 0. The van der Waals surface area contributed by atoms with Crippen molar-refractivity contribution in [3.8, 4) is 11.5 Å². The van der Waals surface area contributed by atoms with E-state index in [0.29, 0.717) is 16.5 Å². The Balaban J connectivity index is 2.05. The highest BCUT2D eigenvalue weighted by Crippen LogP contribution is 2.48. The molecule has 0 radical (unpaired) electrons. The normalized spacial score (nSPS) is 29.0. The lowest BCUT2D eigenvalue weighted by atomic mass is 9.58. The van der Waals surface area contributed by atoms with Crippen LogP contribution in [-0.2, 0) is 20.8 Å². The molecule has 5 N–H and O–H groups in total. The van der Waals surface area contributed by atoms with Crippen molar-refractivity contribution in [1.29, 1.82) is 0 Å². The minimum atomic E-state index is -2.71. The topological polar surface area (TPSA) is 155 Å². The van der Waals surface area contributed by atoms with Crippen LogP contribution in [0.4, 0.5) is 0 Å². The number of carbonyl (C=O) groups excluding carboxylic acids is 4. The number of ketones is 4. The van der Waals surface area contributed by atoms with E-state index < -0.39 is 52.4 Å². The third-order valence-corrected chi connectivity index (χ3v) is 6.30. The minimum absolute atomic E-state index is 0.0194. The number of nitrogens with two attached hydrogens (primary N) is 1. The van der Waals surface area contributed by atoms with Crippen molar-refractivity contribution in [1.82, 2.24) is 0 Å². The van der Waals surface area contributed by atoms with Gasteiger partial charge in [0.1, 0.15) is 23.2 Å². The standard InChI is InChI=1S/C21H19NO7/c1-7-9-4-3-5-12(24)14(9)17(25)15-10(7)6-11-16(22)18(26)13(8(2)23)19(27)21(11,29)20(15)28/h3-5,11,13,16,24-25,29H,6,22H2,1-2H3/t11?,13?,16-,21-/m1/s1. The summed E-state index contributed by atoms with van der Waals surface area (Å²) in [7, 11) is 0. The van der Waals surface area contributed by atoms with E-state index in [9.17, 15) is 34.5 Å². The van der Waals surface area contributed by atoms with E-state index in [4.69, 9.17) is 5.73 Å². The number of hydrogen-bond acceptors (Lipinski definition) is 8. The SMILES string of the molecule is CC(=O)C1C(=O)[C@H](N)C2Cc3c(c(O)c4c(O)cccc4c3C)C(=O)[C@]2(O)C1=O. The Morgan fingerprint density at radius 3 is 2.48 bits per heavy atom. The number of rotatable bonds is 1. The van der Waals surface area contributed by atoms with Gasteiger partial charge >= 0.3 is 0 Å². The van der Waals surface area contributed by atoms with Crippen molar-refractivity contribution >= 4 is 33.9 Å². The molecule has 0 amide bonds. The van der Waals surface area contributed by atoms with E-state index in [1.54, 1.807) is 19.1 Å². The van der Waals surface area contributed by atoms with Gasteiger partial charge in [-0.25, -0.2) is 0 Å². The van der Waals surface area contributed by atoms with Gasteiger partial charge in [-0.1, -0.05) is 12.1 Å². The van der Waals surface area contributed by atoms with E-state index in [-0.39, 0.29) is 23.1 Å². The summed E-state index contributed by atoms with van der Waals surface area (Å²) < 4.78 is 0. The van der Waals surface area contributed by atoms with Gasteiger partial charge in [-0.05, 0) is 42.8 Å². The van der Waals surface area contributed by atoms with Crippen molar-refractivity contribution in [2.75, 3.05) is 0 Å². The van der Waals surface area contributed by atoms with E-state index in [2.05, 4.69) is 0 Å². The number of benzene rings is 2. The van der Waals surface area contributed by atoms with Crippen molar-refractivity contribution in [3.05, 3.63) is 34.9 Å². The first-order valence-corrected chi connectivity index (χ1v) is 9.10. The number of fused-ring (bicyclic) bond motifs is 3. The van der Waals surface area contributed by atoms with Crippen molar-refractivity contribution in [2.24, 2.45) is 17.6 Å². The van der Waals surface area contributed by atoms with Crippen LogP contribution < -0.4 is 5.73 Å². The van der Waals surface area contributed by atoms with Gasteiger partial charge in [0.2, 0.25) is 5.78 Å². The molecule has 0 saturated heterocycles. The van der Waals surface area contributed by atoms with Crippen molar-refractivity contribution in [3.63, 3.8) is 0 Å². The first-order valence-electron chi connectivity index (χ1n) is 9.10. The molecule has 4 atom stereocenters. The predicted octanol–water partition coefficient (Wildman–Crippen LogP) is 0.330. The van der Waals surface area contributed by atoms with Crippen LogP contribution in [0, 0.1) is 18.8 Å². The Labute approximate surface area is 164 Å². The van der Waals surface area contributed by atoms with Crippen LogP contribution in [0.1, 0.15) is 28.4 Å². The van der Waals surface area contributed by atoms with E-state index in [1.165, 1.54) is 6.07 Å². The van der Waals surface area contributed by atoms with Gasteiger partial charge in [0.15, 0.2) is 17.2 Å². The second kappa shape index (κ2) is 5.95. The molecular formula is C21H19NO7. The molecule has 1 saturated carbocycles. The fraction of sp³-hybridized carbons (Fsp3) is 0.333. The minimum Gasteiger partial charge on any atom is -0.507 e. The van der Waals surface area contributed by atoms with Crippen LogP contribution in [0.3, 0.4) is 0 Å². The van der Waals surface area contributed by atoms with Gasteiger partial charge in [0, 0.05) is 5.92 Å². The van der Waals surface area contributed by atoms with E-state index in [0.717, 1.165) is 6.92 Å². The largest absolute Gasteiger partial charge is 0.507 e. The molecule has 0 aromatic heterocycles. The Kier molecular flexibility index (Phi) is 3.94. The number of aromatic hydroxyl groups is 2. The Hall–Kier alpha value is -3.10. The lowest BCUT2D eigenvalue weighted by Gasteiger charge is -2.46. The maximum Gasteiger partial charge on any atom is 0.206 e. The van der Waals surface area contributed by atoms with Crippen LogP contribution in [0.15, 0.2) is 18.2 Å². The first-order chi connectivity index (χ1) is 13.5. The van der Waals surface area contributed by atoms with Gasteiger partial charge in [-0.15, -0.1) is 0 Å². The zero-order valence-corrected chi connectivity index (χ0v) is 15.7. The summed E-state index contributed by atoms with van der Waals surface area (Å²) in [6, 6.07) is 3.17. The van der Waals surface area contributed by atoms with Gasteiger partial charge < -0.3 is 21.1 Å². The summed E-state index contributed by atoms with van der Waals surface area (Å²) in [4.78, 5) is 50.7. The number of aliphatic hydroxyl groups is 1. The molecule has 0 spiro atoms. The number of Topliss-reactive ketones (excluding diaryl/α,β-unsaturated/α-hetero) is 4. The number of hydrogen-bond donors (Lipinski definition) is 4. The zero-order chi connectivity index (χ0) is 21.4. The molecule has 29 heavy (non-hydrogen) atoms. The molecular weight excluding hydrogens is 378 g/mol. The maximum atomic E-state index is 13.3. The van der Waals surface area contributed by atoms with Crippen molar-refractivity contribution < 1.29 is 34.5 Å². The molecule has 2 aliphatic rings. The van der Waals surface area contributed by atoms with Gasteiger partial charge in [-0.3, -0.25) is 19.2 Å². The predicted molar refractivity (Wildman–Crippen MR) is 101 cm³/mol. The average Bonchev–Trinajstić information content (AvgIpc) is 2.66. The van der Waals surface area contributed by atoms with Crippen LogP contribution in [0.5, 0.6) is 11.5 Å². The molecule has 2 aromatic rings. The third kappa shape index (κ3) is 2.21. The Morgan fingerprint density at radius 2 is 1.86 bits per heavy atom. The number of aryl methyl sites for hydroxylation is 1. The summed E-state index contributed by atoms with van der Waals surface area (Å²) in [6.07, 6.45) is -0.119. The molecule has 8 nitrogen and oxygen atoms in total. The lowest BCUT2D eigenvalue weighted by molar-refractivity contribution is -0.158. The average molecular weight is 397 g/mol. The molecule has 2 aromatic carbocycles. The highest BCUT2D eigenvalue weighted by atomic mass is 16.3. The summed E-state index contributed by atoms with van der Waals surface area (Å²) in [5, 5.41) is 32.7. The zero-order valence-electron chi connectivity index (χ0n) is 15.7. The smallest absolute Gasteiger partial charge is 0.206 e. The quantitative estimate of drug-likeness (QED) is 0.502. The van der Waals surface area contributed by atoms with Crippen LogP contribution in [0.25, 0.3) is 10.8 Å².